The maximum Gasteiger partial charge on any atom is 0.241 e. The van der Waals surface area contributed by atoms with Gasteiger partial charge < -0.3 is 5.11 Å². The van der Waals surface area contributed by atoms with Gasteiger partial charge >= 0.3 is 0 Å². The number of aryl methyl sites for hydroxylation is 1. The third-order valence-electron chi connectivity index (χ3n) is 3.58. The van der Waals surface area contributed by atoms with Crippen molar-refractivity contribution in [3.63, 3.8) is 0 Å². The number of aliphatic hydroxyl groups is 1. The molecule has 1 atom stereocenters. The topological polar surface area (TPSA) is 83.5 Å². The van der Waals surface area contributed by atoms with Crippen molar-refractivity contribution in [2.24, 2.45) is 0 Å². The highest BCUT2D eigenvalue weighted by atomic mass is 32.2. The van der Waals surface area contributed by atoms with Gasteiger partial charge in [-0.25, -0.2) is 8.42 Å². The molecule has 0 aliphatic rings. The third-order valence-corrected chi connectivity index (χ3v) is 6.31. The van der Waals surface area contributed by atoms with Crippen LogP contribution in [0.3, 0.4) is 0 Å². The fourth-order valence-electron chi connectivity index (χ4n) is 2.19. The number of rotatable bonds is 7. The van der Waals surface area contributed by atoms with Gasteiger partial charge in [-0.3, -0.25) is 4.79 Å². The highest BCUT2D eigenvalue weighted by molar-refractivity contribution is 8.13. The molecule has 0 amide bonds. The van der Waals surface area contributed by atoms with Crippen molar-refractivity contribution in [3.8, 4) is 0 Å². The van der Waals surface area contributed by atoms with Gasteiger partial charge in [-0.05, 0) is 55.8 Å². The average molecular weight is 380 g/mol. The van der Waals surface area contributed by atoms with E-state index >= 15 is 0 Å². The summed E-state index contributed by atoms with van der Waals surface area (Å²) < 4.78 is 27.2. The van der Waals surface area contributed by atoms with Crippen molar-refractivity contribution in [2.75, 3.05) is 6.61 Å². The fraction of sp³-hybridized carbons (Fsp3) is 0.278. The number of aliphatic hydroxyl groups excluding tert-OH is 1. The average Bonchev–Trinajstić information content (AvgIpc) is 2.57. The Hall–Kier alpha value is -1.67. The lowest BCUT2D eigenvalue weighted by atomic mass is 10.2. The molecule has 0 aliphatic heterocycles. The standard InChI is InChI=1S/C18H21NO4S2/c1-13-7-9-16(10-8-13)25(22,23)19-14(2)18(21)24-17-6-4-3-5-15(17)11-12-20/h3-10,14,19-20H,11-12H2,1-2H3/t14-/m0/s1. The molecule has 0 bridgehead atoms. The highest BCUT2D eigenvalue weighted by Gasteiger charge is 2.23. The number of hydrogen-bond donors (Lipinski definition) is 2. The van der Waals surface area contributed by atoms with Crippen molar-refractivity contribution in [1.82, 2.24) is 4.72 Å². The number of carbonyl (C=O) groups is 1. The smallest absolute Gasteiger partial charge is 0.241 e. The van der Waals surface area contributed by atoms with Crippen molar-refractivity contribution in [3.05, 3.63) is 59.7 Å². The molecule has 2 aromatic rings. The maximum atomic E-state index is 12.4. The summed E-state index contributed by atoms with van der Waals surface area (Å²) in [5, 5.41) is 8.80. The summed E-state index contributed by atoms with van der Waals surface area (Å²) >= 11 is 0.980. The second kappa shape index (κ2) is 8.62. The quantitative estimate of drug-likeness (QED) is 0.722. The molecule has 0 saturated carbocycles. The van der Waals surface area contributed by atoms with Crippen molar-refractivity contribution >= 4 is 26.9 Å². The number of carbonyl (C=O) groups excluding carboxylic acids is 1. The van der Waals surface area contributed by atoms with Crippen molar-refractivity contribution < 1.29 is 18.3 Å². The van der Waals surface area contributed by atoms with Crippen LogP contribution in [0.4, 0.5) is 0 Å². The zero-order valence-electron chi connectivity index (χ0n) is 14.1. The van der Waals surface area contributed by atoms with Gasteiger partial charge in [0.2, 0.25) is 15.1 Å². The SMILES string of the molecule is Cc1ccc(S(=O)(=O)N[C@@H](C)C(=O)Sc2ccccc2CCO)cc1. The van der Waals surface area contributed by atoms with Crippen LogP contribution in [0.15, 0.2) is 58.3 Å². The van der Waals surface area contributed by atoms with E-state index in [-0.39, 0.29) is 16.6 Å². The third kappa shape index (κ3) is 5.40. The van der Waals surface area contributed by atoms with Crippen LogP contribution in [-0.4, -0.2) is 31.3 Å². The molecule has 2 N–H and O–H groups in total. The first-order valence-electron chi connectivity index (χ1n) is 7.83. The Labute approximate surface area is 152 Å². The summed E-state index contributed by atoms with van der Waals surface area (Å²) in [6.07, 6.45) is 0.444. The van der Waals surface area contributed by atoms with Crippen LogP contribution in [0, 0.1) is 6.92 Å². The molecule has 0 aliphatic carbocycles. The van der Waals surface area contributed by atoms with E-state index in [9.17, 15) is 13.2 Å². The molecule has 0 aromatic heterocycles. The minimum absolute atomic E-state index is 0.0125. The largest absolute Gasteiger partial charge is 0.396 e. The molecule has 0 spiro atoms. The molecule has 0 heterocycles. The molecule has 25 heavy (non-hydrogen) atoms. The van der Waals surface area contributed by atoms with Crippen molar-refractivity contribution in [1.29, 1.82) is 0 Å². The van der Waals surface area contributed by atoms with Gasteiger partial charge in [0.1, 0.15) is 0 Å². The number of thioether (sulfide) groups is 1. The van der Waals surface area contributed by atoms with Gasteiger partial charge in [0.25, 0.3) is 0 Å². The molecule has 7 heteroatoms. The van der Waals surface area contributed by atoms with Crippen LogP contribution < -0.4 is 4.72 Å². The maximum absolute atomic E-state index is 12.4. The van der Waals surface area contributed by atoms with Gasteiger partial charge in [0, 0.05) is 11.5 Å². The zero-order valence-corrected chi connectivity index (χ0v) is 15.7. The summed E-state index contributed by atoms with van der Waals surface area (Å²) in [7, 11) is -3.76. The van der Waals surface area contributed by atoms with Crippen molar-refractivity contribution in [2.45, 2.75) is 36.1 Å². The Morgan fingerprint density at radius 2 is 1.80 bits per heavy atom. The van der Waals surface area contributed by atoms with Crippen LogP contribution in [-0.2, 0) is 21.2 Å². The lowest BCUT2D eigenvalue weighted by Gasteiger charge is -2.14. The van der Waals surface area contributed by atoms with Gasteiger partial charge in [-0.1, -0.05) is 35.9 Å². The molecule has 0 saturated heterocycles. The molecular formula is C18H21NO4S2. The first-order chi connectivity index (χ1) is 11.8. The summed E-state index contributed by atoms with van der Waals surface area (Å²) in [5.41, 5.74) is 1.82. The van der Waals surface area contributed by atoms with Gasteiger partial charge in [0.15, 0.2) is 0 Å². The second-order valence-corrected chi connectivity index (χ2v) is 8.42. The van der Waals surface area contributed by atoms with E-state index in [1.54, 1.807) is 24.3 Å². The van der Waals surface area contributed by atoms with Crippen LogP contribution in [0.5, 0.6) is 0 Å². The molecular weight excluding hydrogens is 358 g/mol. The van der Waals surface area contributed by atoms with E-state index in [0.717, 1.165) is 27.8 Å². The number of hydrogen-bond acceptors (Lipinski definition) is 5. The molecule has 0 unspecified atom stereocenters. The van der Waals surface area contributed by atoms with E-state index < -0.39 is 16.1 Å². The molecule has 5 nitrogen and oxygen atoms in total. The van der Waals surface area contributed by atoms with E-state index in [4.69, 9.17) is 5.11 Å². The van der Waals surface area contributed by atoms with Gasteiger partial charge in [-0.2, -0.15) is 4.72 Å². The summed E-state index contributed by atoms with van der Waals surface area (Å²) in [4.78, 5) is 13.3. The second-order valence-electron chi connectivity index (χ2n) is 5.66. The van der Waals surface area contributed by atoms with E-state index in [1.165, 1.54) is 19.1 Å². The van der Waals surface area contributed by atoms with E-state index in [0.29, 0.717) is 6.42 Å². The summed E-state index contributed by atoms with van der Waals surface area (Å²) in [6, 6.07) is 12.8. The normalized spacial score (nSPS) is 12.8. The van der Waals surface area contributed by atoms with E-state index in [1.807, 2.05) is 19.1 Å². The van der Waals surface area contributed by atoms with E-state index in [2.05, 4.69) is 4.72 Å². The first-order valence-corrected chi connectivity index (χ1v) is 10.1. The molecule has 2 rings (SSSR count). The Bertz CT molecular complexity index is 832. The van der Waals surface area contributed by atoms with Crippen LogP contribution in [0.1, 0.15) is 18.1 Å². The minimum atomic E-state index is -3.76. The van der Waals surface area contributed by atoms with Crippen LogP contribution in [0.25, 0.3) is 0 Å². The number of nitrogens with one attached hydrogen (secondary N) is 1. The Morgan fingerprint density at radius 1 is 1.16 bits per heavy atom. The predicted octanol–water partition coefficient (Wildman–Crippen LogP) is 2.52. The van der Waals surface area contributed by atoms with Gasteiger partial charge in [-0.15, -0.1) is 0 Å². The molecule has 0 fully saturated rings. The van der Waals surface area contributed by atoms with Crippen LogP contribution in [0.2, 0.25) is 0 Å². The molecule has 2 aromatic carbocycles. The number of benzene rings is 2. The fourth-order valence-corrected chi connectivity index (χ4v) is 4.37. The first kappa shape index (κ1) is 19.7. The molecule has 0 radical (unpaired) electrons. The Balaban J connectivity index is 2.09. The Kier molecular flexibility index (Phi) is 6.78. The van der Waals surface area contributed by atoms with Gasteiger partial charge in [0.05, 0.1) is 10.9 Å². The minimum Gasteiger partial charge on any atom is -0.396 e. The number of sulfonamides is 1. The highest BCUT2D eigenvalue weighted by Crippen LogP contribution is 2.25. The predicted molar refractivity (Wildman–Crippen MR) is 99.1 cm³/mol. The summed E-state index contributed by atoms with van der Waals surface area (Å²) in [5.74, 6) is 0. The monoisotopic (exact) mass is 379 g/mol. The van der Waals surface area contributed by atoms with Crippen LogP contribution >= 0.6 is 11.8 Å². The summed E-state index contributed by atoms with van der Waals surface area (Å²) in [6.45, 7) is 3.38. The molecule has 134 valence electrons. The lowest BCUT2D eigenvalue weighted by molar-refractivity contribution is -0.112. The lowest BCUT2D eigenvalue weighted by Crippen LogP contribution is -2.37. The Morgan fingerprint density at radius 3 is 2.44 bits per heavy atom. The zero-order chi connectivity index (χ0) is 18.4.